The van der Waals surface area contributed by atoms with Gasteiger partial charge in [-0.05, 0) is 43.3 Å². The molecular formula is C24H28FN3O3. The number of aromatic nitrogens is 1. The van der Waals surface area contributed by atoms with Crippen molar-refractivity contribution in [2.45, 2.75) is 39.0 Å². The zero-order valence-corrected chi connectivity index (χ0v) is 17.8. The van der Waals surface area contributed by atoms with Gasteiger partial charge in [0.1, 0.15) is 5.82 Å². The molecular weight excluding hydrogens is 397 g/mol. The van der Waals surface area contributed by atoms with Gasteiger partial charge in [-0.15, -0.1) is 0 Å². The third-order valence-electron chi connectivity index (χ3n) is 6.59. The van der Waals surface area contributed by atoms with Crippen LogP contribution in [0, 0.1) is 17.7 Å². The average molecular weight is 426 g/mol. The number of nitrogens with one attached hydrogen (secondary N) is 1. The first-order valence-corrected chi connectivity index (χ1v) is 10.7. The van der Waals surface area contributed by atoms with Gasteiger partial charge in [0.15, 0.2) is 0 Å². The van der Waals surface area contributed by atoms with Crippen LogP contribution in [0.25, 0.3) is 6.08 Å². The van der Waals surface area contributed by atoms with Gasteiger partial charge in [-0.1, -0.05) is 31.2 Å². The molecule has 1 aromatic carbocycles. The summed E-state index contributed by atoms with van der Waals surface area (Å²) in [6, 6.07) is 9.38. The Morgan fingerprint density at radius 3 is 2.65 bits per heavy atom. The number of benzene rings is 1. The summed E-state index contributed by atoms with van der Waals surface area (Å²) in [4.78, 5) is 28.6. The molecule has 2 aromatic rings. The predicted molar refractivity (Wildman–Crippen MR) is 117 cm³/mol. The summed E-state index contributed by atoms with van der Waals surface area (Å²) in [7, 11) is 0. The number of likely N-dealkylation sites (N-methyl/N-ethyl adjacent to an activating group) is 1. The second-order valence-corrected chi connectivity index (χ2v) is 8.19. The van der Waals surface area contributed by atoms with E-state index in [2.05, 4.69) is 10.2 Å². The number of aliphatic hydroxyl groups excluding tert-OH is 1. The van der Waals surface area contributed by atoms with Crippen LogP contribution in [0.15, 0.2) is 47.3 Å². The number of pyridine rings is 1. The molecule has 7 heteroatoms. The lowest BCUT2D eigenvalue weighted by Gasteiger charge is -2.37. The Labute approximate surface area is 181 Å². The molecule has 164 valence electrons. The van der Waals surface area contributed by atoms with Gasteiger partial charge >= 0.3 is 0 Å². The molecule has 2 aliphatic heterocycles. The Balaban J connectivity index is 1.67. The molecule has 6 nitrogen and oxygen atoms in total. The monoisotopic (exact) mass is 425 g/mol. The molecule has 31 heavy (non-hydrogen) atoms. The summed E-state index contributed by atoms with van der Waals surface area (Å²) in [6.07, 6.45) is 3.63. The Hall–Kier alpha value is -2.77. The number of nitrogens with zero attached hydrogens (tertiary/aromatic N) is 2. The van der Waals surface area contributed by atoms with Crippen LogP contribution in [-0.4, -0.2) is 39.7 Å². The lowest BCUT2D eigenvalue weighted by Crippen LogP contribution is -2.46. The third kappa shape index (κ3) is 3.72. The Kier molecular flexibility index (Phi) is 6.07. The number of hydrogen-bond acceptors (Lipinski definition) is 4. The third-order valence-corrected chi connectivity index (χ3v) is 6.59. The molecule has 2 N–H and O–H groups in total. The quantitative estimate of drug-likeness (QED) is 0.745. The molecule has 2 bridgehead atoms. The summed E-state index contributed by atoms with van der Waals surface area (Å²) in [5, 5.41) is 13.2. The first kappa shape index (κ1) is 21.5. The molecule has 0 unspecified atom stereocenters. The van der Waals surface area contributed by atoms with Crippen molar-refractivity contribution < 1.29 is 14.3 Å². The second kappa shape index (κ2) is 8.77. The molecule has 4 rings (SSSR count). The summed E-state index contributed by atoms with van der Waals surface area (Å²) < 4.78 is 14.9. The van der Waals surface area contributed by atoms with E-state index in [0.29, 0.717) is 12.1 Å². The highest BCUT2D eigenvalue weighted by Crippen LogP contribution is 2.48. The van der Waals surface area contributed by atoms with Gasteiger partial charge in [0.2, 0.25) is 5.91 Å². The molecule has 1 saturated heterocycles. The second-order valence-electron chi connectivity index (χ2n) is 8.19. The van der Waals surface area contributed by atoms with Crippen LogP contribution in [0.3, 0.4) is 0 Å². The number of halogens is 1. The Morgan fingerprint density at radius 2 is 2.00 bits per heavy atom. The lowest BCUT2D eigenvalue weighted by atomic mass is 9.86. The van der Waals surface area contributed by atoms with Crippen molar-refractivity contribution in [3.05, 3.63) is 75.5 Å². The van der Waals surface area contributed by atoms with E-state index >= 15 is 0 Å². The highest BCUT2D eigenvalue weighted by atomic mass is 19.1. The van der Waals surface area contributed by atoms with Crippen LogP contribution in [0.1, 0.15) is 36.7 Å². The van der Waals surface area contributed by atoms with E-state index in [4.69, 9.17) is 0 Å². The van der Waals surface area contributed by atoms with E-state index in [1.54, 1.807) is 22.8 Å². The van der Waals surface area contributed by atoms with Gasteiger partial charge in [0.05, 0.1) is 12.0 Å². The maximum Gasteiger partial charge on any atom is 0.258 e. The zero-order valence-electron chi connectivity index (χ0n) is 17.8. The molecule has 4 atom stereocenters. The van der Waals surface area contributed by atoms with Crippen molar-refractivity contribution in [3.8, 4) is 0 Å². The first-order chi connectivity index (χ1) is 15.0. The van der Waals surface area contributed by atoms with E-state index < -0.39 is 5.92 Å². The minimum Gasteiger partial charge on any atom is -0.396 e. The van der Waals surface area contributed by atoms with E-state index in [-0.39, 0.29) is 48.4 Å². The fraction of sp³-hybridized carbons (Fsp3) is 0.417. The minimum atomic E-state index is -0.476. The molecule has 1 amide bonds. The summed E-state index contributed by atoms with van der Waals surface area (Å²) in [5.41, 5.74) is 2.17. The van der Waals surface area contributed by atoms with Crippen LogP contribution in [-0.2, 0) is 17.9 Å². The number of rotatable bonds is 6. The number of carbonyl (C=O) groups is 1. The smallest absolute Gasteiger partial charge is 0.258 e. The fourth-order valence-corrected chi connectivity index (χ4v) is 5.19. The standard InChI is InChI=1S/C24H28FN3O3/c1-3-5-16-8-11-19-22-21(23(30)26-12-15-6-9-17(25)10-7-15)18(14-29)20(27(22)4-2)13-28(19)24(16)31/h3,5-11,18,20-22,29H,4,12-14H2,1-2H3,(H,26,30)/b5-3+/t18-,20-,21+,22+/m0/s1. The number of allylic oxidation sites excluding steroid dienone is 1. The van der Waals surface area contributed by atoms with Crippen LogP contribution < -0.4 is 10.9 Å². The molecule has 1 fully saturated rings. The molecule has 0 aliphatic carbocycles. The van der Waals surface area contributed by atoms with E-state index in [1.165, 1.54) is 12.1 Å². The van der Waals surface area contributed by atoms with Crippen LogP contribution in [0.4, 0.5) is 4.39 Å². The number of aliphatic hydroxyl groups is 1. The van der Waals surface area contributed by atoms with E-state index in [0.717, 1.165) is 17.8 Å². The fourth-order valence-electron chi connectivity index (χ4n) is 5.19. The van der Waals surface area contributed by atoms with Crippen molar-refractivity contribution in [2.24, 2.45) is 11.8 Å². The molecule has 0 radical (unpaired) electrons. The highest BCUT2D eigenvalue weighted by molar-refractivity contribution is 5.80. The number of fused-ring (bicyclic) bond motifs is 4. The normalized spacial score (nSPS) is 25.0. The number of carbonyl (C=O) groups excluding carboxylic acids is 1. The van der Waals surface area contributed by atoms with Crippen LogP contribution in [0.5, 0.6) is 0 Å². The zero-order chi connectivity index (χ0) is 22.1. The van der Waals surface area contributed by atoms with Gasteiger partial charge in [-0.25, -0.2) is 4.39 Å². The van der Waals surface area contributed by atoms with Crippen molar-refractivity contribution in [3.63, 3.8) is 0 Å². The van der Waals surface area contributed by atoms with Crippen LogP contribution >= 0.6 is 0 Å². The SMILES string of the molecule is C/C=C/c1ccc2n(c1=O)C[C@H]1[C@H](CO)[C@@H](C(=O)NCc3ccc(F)cc3)[C@@H]2N1CC. The van der Waals surface area contributed by atoms with E-state index in [9.17, 15) is 19.1 Å². The van der Waals surface area contributed by atoms with E-state index in [1.807, 2.05) is 32.1 Å². The first-order valence-electron chi connectivity index (χ1n) is 10.7. The van der Waals surface area contributed by atoms with Crippen molar-refractivity contribution in [1.82, 2.24) is 14.8 Å². The maximum absolute atomic E-state index is 13.3. The molecule has 1 aromatic heterocycles. The maximum atomic E-state index is 13.3. The van der Waals surface area contributed by atoms with Gasteiger partial charge in [0.25, 0.3) is 5.56 Å². The topological polar surface area (TPSA) is 74.6 Å². The summed E-state index contributed by atoms with van der Waals surface area (Å²) in [5.74, 6) is -1.23. The van der Waals surface area contributed by atoms with Gasteiger partial charge in [-0.3, -0.25) is 14.5 Å². The minimum absolute atomic E-state index is 0.0644. The molecule has 3 heterocycles. The molecule has 0 saturated carbocycles. The predicted octanol–water partition coefficient (Wildman–Crippen LogP) is 2.32. The van der Waals surface area contributed by atoms with Crippen molar-refractivity contribution in [1.29, 1.82) is 0 Å². The highest BCUT2D eigenvalue weighted by Gasteiger charge is 2.55. The average Bonchev–Trinajstić information content (AvgIpc) is 3.00. The number of hydrogen-bond donors (Lipinski definition) is 2. The Bertz CT molecular complexity index is 1050. The summed E-state index contributed by atoms with van der Waals surface area (Å²) in [6.45, 7) is 5.24. The van der Waals surface area contributed by atoms with Crippen molar-refractivity contribution >= 4 is 12.0 Å². The molecule has 0 spiro atoms. The van der Waals surface area contributed by atoms with Crippen LogP contribution in [0.2, 0.25) is 0 Å². The van der Waals surface area contributed by atoms with Gasteiger partial charge in [0, 0.05) is 42.9 Å². The number of amides is 1. The lowest BCUT2D eigenvalue weighted by molar-refractivity contribution is -0.127. The Morgan fingerprint density at radius 1 is 1.26 bits per heavy atom. The van der Waals surface area contributed by atoms with Gasteiger partial charge in [-0.2, -0.15) is 0 Å². The van der Waals surface area contributed by atoms with Crippen molar-refractivity contribution in [2.75, 3.05) is 13.2 Å². The largest absolute Gasteiger partial charge is 0.396 e. The van der Waals surface area contributed by atoms with Gasteiger partial charge < -0.3 is 15.0 Å². The molecule has 2 aliphatic rings. The summed E-state index contributed by atoms with van der Waals surface area (Å²) >= 11 is 0.